The van der Waals surface area contributed by atoms with Crippen LogP contribution in [-0.4, -0.2) is 45.1 Å². The number of carbonyl (C=O) groups is 1. The van der Waals surface area contributed by atoms with E-state index in [4.69, 9.17) is 14.2 Å². The lowest BCUT2D eigenvalue weighted by atomic mass is 10.2. The monoisotopic (exact) mass is 457 g/mol. The van der Waals surface area contributed by atoms with Gasteiger partial charge in [0.25, 0.3) is 0 Å². The lowest BCUT2D eigenvalue weighted by Gasteiger charge is -2.19. The summed E-state index contributed by atoms with van der Waals surface area (Å²) in [5.74, 6) is 1.22. The molecule has 34 heavy (non-hydrogen) atoms. The average molecular weight is 457 g/mol. The summed E-state index contributed by atoms with van der Waals surface area (Å²) in [6.07, 6.45) is -0.659. The van der Waals surface area contributed by atoms with E-state index in [1.165, 1.54) is 11.9 Å². The fourth-order valence-electron chi connectivity index (χ4n) is 3.74. The van der Waals surface area contributed by atoms with Gasteiger partial charge in [-0.2, -0.15) is 5.01 Å². The standard InChI is InChI=1S/C25H23N5O4/c1-17(31)30-24(15-29-21-11-7-6-10-20(21)26-28-29)34-25(27-30)19-12-13-22(32-2)23(14-19)33-16-18-8-4-3-5-9-18/h3-14,24H,15-16H2,1-2H3/t24-/m1/s1. The fraction of sp³-hybridized carbons (Fsp3) is 0.200. The molecule has 9 heteroatoms. The van der Waals surface area contributed by atoms with Crippen LogP contribution in [0, 0.1) is 0 Å². The first-order chi connectivity index (χ1) is 16.6. The summed E-state index contributed by atoms with van der Waals surface area (Å²) in [7, 11) is 1.59. The Balaban J connectivity index is 1.38. The van der Waals surface area contributed by atoms with Gasteiger partial charge in [-0.15, -0.1) is 10.2 Å². The minimum atomic E-state index is -0.659. The second-order valence-corrected chi connectivity index (χ2v) is 7.74. The molecular formula is C25H23N5O4. The first-order valence-corrected chi connectivity index (χ1v) is 10.8. The van der Waals surface area contributed by atoms with Gasteiger partial charge in [0.15, 0.2) is 11.5 Å². The number of amides is 1. The Hall–Kier alpha value is -4.40. The summed E-state index contributed by atoms with van der Waals surface area (Å²) in [5.41, 5.74) is 3.32. The molecule has 1 amide bonds. The number of fused-ring (bicyclic) bond motifs is 1. The van der Waals surface area contributed by atoms with Crippen LogP contribution in [0.25, 0.3) is 11.0 Å². The van der Waals surface area contributed by atoms with Crippen molar-refractivity contribution in [2.45, 2.75) is 26.3 Å². The van der Waals surface area contributed by atoms with E-state index in [9.17, 15) is 4.79 Å². The van der Waals surface area contributed by atoms with E-state index >= 15 is 0 Å². The number of hydrazone groups is 1. The maximum Gasteiger partial charge on any atom is 0.243 e. The van der Waals surface area contributed by atoms with Crippen molar-refractivity contribution in [1.82, 2.24) is 20.0 Å². The van der Waals surface area contributed by atoms with Gasteiger partial charge in [0.05, 0.1) is 12.6 Å². The quantitative estimate of drug-likeness (QED) is 0.421. The number of ether oxygens (including phenoxy) is 3. The van der Waals surface area contributed by atoms with Crippen LogP contribution in [0.3, 0.4) is 0 Å². The van der Waals surface area contributed by atoms with Gasteiger partial charge >= 0.3 is 0 Å². The number of rotatable bonds is 7. The summed E-state index contributed by atoms with van der Waals surface area (Å²) < 4.78 is 19.3. The molecule has 3 aromatic carbocycles. The van der Waals surface area contributed by atoms with Gasteiger partial charge in [-0.1, -0.05) is 47.7 Å². The zero-order valence-electron chi connectivity index (χ0n) is 18.8. The van der Waals surface area contributed by atoms with Crippen molar-refractivity contribution in [2.75, 3.05) is 7.11 Å². The van der Waals surface area contributed by atoms with Crippen molar-refractivity contribution in [3.05, 3.63) is 83.9 Å². The number of methoxy groups -OCH3 is 1. The Morgan fingerprint density at radius 1 is 1.03 bits per heavy atom. The Labute approximate surface area is 196 Å². The van der Waals surface area contributed by atoms with Crippen molar-refractivity contribution in [1.29, 1.82) is 0 Å². The zero-order chi connectivity index (χ0) is 23.5. The largest absolute Gasteiger partial charge is 0.493 e. The van der Waals surface area contributed by atoms with Gasteiger partial charge < -0.3 is 14.2 Å². The Morgan fingerprint density at radius 2 is 1.82 bits per heavy atom. The molecule has 9 nitrogen and oxygen atoms in total. The van der Waals surface area contributed by atoms with Gasteiger partial charge in [0.2, 0.25) is 18.0 Å². The molecule has 0 N–H and O–H groups in total. The van der Waals surface area contributed by atoms with Gasteiger partial charge in [0.1, 0.15) is 18.7 Å². The maximum atomic E-state index is 12.3. The smallest absolute Gasteiger partial charge is 0.243 e. The van der Waals surface area contributed by atoms with E-state index in [2.05, 4.69) is 15.4 Å². The van der Waals surface area contributed by atoms with Crippen LogP contribution >= 0.6 is 0 Å². The van der Waals surface area contributed by atoms with Gasteiger partial charge in [-0.05, 0) is 35.9 Å². The van der Waals surface area contributed by atoms with Crippen LogP contribution in [-0.2, 0) is 22.7 Å². The molecule has 2 heterocycles. The fourth-order valence-corrected chi connectivity index (χ4v) is 3.74. The van der Waals surface area contributed by atoms with Gasteiger partial charge in [0, 0.05) is 12.5 Å². The van der Waals surface area contributed by atoms with Crippen LogP contribution in [0.15, 0.2) is 77.9 Å². The Bertz CT molecular complexity index is 1350. The number of para-hydroxylation sites is 1. The normalized spacial score (nSPS) is 15.2. The summed E-state index contributed by atoms with van der Waals surface area (Å²) in [6.45, 7) is 2.11. The topological polar surface area (TPSA) is 91.1 Å². The molecule has 1 aromatic heterocycles. The van der Waals surface area contributed by atoms with Crippen molar-refractivity contribution >= 4 is 22.8 Å². The molecule has 1 aliphatic rings. The molecule has 0 fully saturated rings. The third kappa shape index (κ3) is 4.27. The summed E-state index contributed by atoms with van der Waals surface area (Å²) in [4.78, 5) is 12.3. The summed E-state index contributed by atoms with van der Waals surface area (Å²) in [5, 5.41) is 14.1. The molecule has 0 aliphatic carbocycles. The van der Waals surface area contributed by atoms with E-state index in [0.29, 0.717) is 29.6 Å². The van der Waals surface area contributed by atoms with Crippen molar-refractivity contribution < 1.29 is 19.0 Å². The number of nitrogens with zero attached hydrogens (tertiary/aromatic N) is 5. The van der Waals surface area contributed by atoms with Crippen LogP contribution in [0.4, 0.5) is 0 Å². The van der Waals surface area contributed by atoms with E-state index in [0.717, 1.165) is 16.6 Å². The summed E-state index contributed by atoms with van der Waals surface area (Å²) >= 11 is 0. The third-order valence-corrected chi connectivity index (χ3v) is 5.44. The second-order valence-electron chi connectivity index (χ2n) is 7.74. The number of carbonyl (C=O) groups excluding carboxylic acids is 1. The molecule has 0 spiro atoms. The molecule has 1 aliphatic heterocycles. The summed E-state index contributed by atoms with van der Waals surface area (Å²) in [6, 6.07) is 22.9. The molecule has 0 saturated heterocycles. The molecule has 5 rings (SSSR count). The molecule has 4 aromatic rings. The van der Waals surface area contributed by atoms with Gasteiger partial charge in [-0.3, -0.25) is 4.79 Å². The van der Waals surface area contributed by atoms with E-state index < -0.39 is 6.23 Å². The molecule has 0 unspecified atom stereocenters. The molecule has 172 valence electrons. The predicted octanol–water partition coefficient (Wildman–Crippen LogP) is 3.59. The van der Waals surface area contributed by atoms with E-state index in [-0.39, 0.29) is 12.5 Å². The number of aromatic nitrogens is 3. The SMILES string of the molecule is COc1ccc(C2=NN(C(C)=O)[C@@H](Cn3nnc4ccccc43)O2)cc1OCc1ccccc1. The molecule has 1 atom stereocenters. The lowest BCUT2D eigenvalue weighted by Crippen LogP contribution is -2.35. The highest BCUT2D eigenvalue weighted by molar-refractivity contribution is 5.96. The van der Waals surface area contributed by atoms with Crippen LogP contribution in [0.5, 0.6) is 11.5 Å². The number of benzene rings is 3. The number of hydrogen-bond donors (Lipinski definition) is 0. The van der Waals surface area contributed by atoms with Crippen molar-refractivity contribution in [3.63, 3.8) is 0 Å². The minimum absolute atomic E-state index is 0.238. The first-order valence-electron chi connectivity index (χ1n) is 10.8. The highest BCUT2D eigenvalue weighted by Gasteiger charge is 2.33. The van der Waals surface area contributed by atoms with Crippen LogP contribution < -0.4 is 9.47 Å². The lowest BCUT2D eigenvalue weighted by molar-refractivity contribution is -0.135. The van der Waals surface area contributed by atoms with Crippen LogP contribution in [0.1, 0.15) is 18.1 Å². The van der Waals surface area contributed by atoms with E-state index in [1.54, 1.807) is 23.9 Å². The molecule has 0 radical (unpaired) electrons. The van der Waals surface area contributed by atoms with Gasteiger partial charge in [-0.25, -0.2) is 4.68 Å². The predicted molar refractivity (Wildman–Crippen MR) is 125 cm³/mol. The zero-order valence-corrected chi connectivity index (χ0v) is 18.8. The number of hydrogen-bond acceptors (Lipinski definition) is 7. The van der Waals surface area contributed by atoms with E-state index in [1.807, 2.05) is 60.7 Å². The molecule has 0 saturated carbocycles. The highest BCUT2D eigenvalue weighted by Crippen LogP contribution is 2.31. The van der Waals surface area contributed by atoms with Crippen molar-refractivity contribution in [3.8, 4) is 11.5 Å². The first kappa shape index (κ1) is 21.4. The Morgan fingerprint density at radius 3 is 2.62 bits per heavy atom. The molecule has 0 bridgehead atoms. The van der Waals surface area contributed by atoms with Crippen molar-refractivity contribution in [2.24, 2.45) is 5.10 Å². The second kappa shape index (κ2) is 9.22. The minimum Gasteiger partial charge on any atom is -0.493 e. The molecular weight excluding hydrogens is 434 g/mol. The third-order valence-electron chi connectivity index (χ3n) is 5.44. The Kier molecular flexibility index (Phi) is 5.82. The maximum absolute atomic E-state index is 12.3. The average Bonchev–Trinajstić information content (AvgIpc) is 3.48. The van der Waals surface area contributed by atoms with Crippen LogP contribution in [0.2, 0.25) is 0 Å². The highest BCUT2D eigenvalue weighted by atomic mass is 16.5.